The number of rotatable bonds is 5. The molecule has 1 heterocycles. The fourth-order valence-corrected chi connectivity index (χ4v) is 2.62. The molecule has 1 aromatic heterocycles. The summed E-state index contributed by atoms with van der Waals surface area (Å²) in [7, 11) is 1.68. The van der Waals surface area contributed by atoms with Crippen LogP contribution in [0.4, 0.5) is 0 Å². The third kappa shape index (κ3) is 2.17. The highest BCUT2D eigenvalue weighted by atomic mass is 16.5. The lowest BCUT2D eigenvalue weighted by atomic mass is 9.79. The van der Waals surface area contributed by atoms with E-state index in [9.17, 15) is 5.11 Å². The molecule has 5 heteroatoms. The molecule has 0 saturated heterocycles. The van der Waals surface area contributed by atoms with Gasteiger partial charge < -0.3 is 14.4 Å². The summed E-state index contributed by atoms with van der Waals surface area (Å²) in [6, 6.07) is 0. The lowest BCUT2D eigenvalue weighted by molar-refractivity contribution is -0.0858. The molecule has 1 fully saturated rings. The van der Waals surface area contributed by atoms with Crippen LogP contribution in [0.5, 0.6) is 0 Å². The molecule has 1 aliphatic rings. The molecule has 1 aromatic rings. The van der Waals surface area contributed by atoms with Crippen molar-refractivity contribution in [2.45, 2.75) is 57.7 Å². The van der Waals surface area contributed by atoms with Gasteiger partial charge in [-0.15, -0.1) is 0 Å². The second-order valence-corrected chi connectivity index (χ2v) is 5.52. The minimum absolute atomic E-state index is 0.125. The topological polar surface area (TPSA) is 68.4 Å². The second kappa shape index (κ2) is 4.97. The first-order valence-corrected chi connectivity index (χ1v) is 6.57. The van der Waals surface area contributed by atoms with Gasteiger partial charge in [-0.3, -0.25) is 0 Å². The van der Waals surface area contributed by atoms with E-state index in [4.69, 9.17) is 9.26 Å². The third-order valence-electron chi connectivity index (χ3n) is 3.92. The molecule has 1 saturated carbocycles. The van der Waals surface area contributed by atoms with Gasteiger partial charge in [0.05, 0.1) is 12.0 Å². The molecule has 0 aromatic carbocycles. The van der Waals surface area contributed by atoms with Crippen molar-refractivity contribution in [1.29, 1.82) is 0 Å². The van der Waals surface area contributed by atoms with Crippen molar-refractivity contribution < 1.29 is 14.4 Å². The molecular weight excluding hydrogens is 232 g/mol. The number of aromatic nitrogens is 2. The number of aliphatic hydroxyl groups excluding tert-OH is 1. The molecule has 2 unspecified atom stereocenters. The molecule has 1 aliphatic carbocycles. The summed E-state index contributed by atoms with van der Waals surface area (Å²) < 4.78 is 10.9. The first-order valence-electron chi connectivity index (χ1n) is 6.57. The number of aliphatic hydroxyl groups is 1. The summed E-state index contributed by atoms with van der Waals surface area (Å²) in [5.41, 5.74) is -0.359. The first kappa shape index (κ1) is 13.5. The largest absolute Gasteiger partial charge is 0.393 e. The van der Waals surface area contributed by atoms with Crippen molar-refractivity contribution >= 4 is 0 Å². The van der Waals surface area contributed by atoms with Crippen LogP contribution in [0.2, 0.25) is 0 Å². The lowest BCUT2D eigenvalue weighted by Gasteiger charge is -2.37. The molecule has 2 atom stereocenters. The van der Waals surface area contributed by atoms with E-state index in [1.807, 2.05) is 13.8 Å². The Morgan fingerprint density at radius 3 is 2.39 bits per heavy atom. The van der Waals surface area contributed by atoms with Crippen LogP contribution in [0.1, 0.15) is 57.7 Å². The maximum Gasteiger partial charge on any atom is 0.232 e. The van der Waals surface area contributed by atoms with E-state index in [0.29, 0.717) is 11.7 Å². The molecule has 5 nitrogen and oxygen atoms in total. The van der Waals surface area contributed by atoms with E-state index in [1.165, 1.54) is 0 Å². The fraction of sp³-hybridized carbons (Fsp3) is 0.846. The van der Waals surface area contributed by atoms with Gasteiger partial charge in [0, 0.05) is 7.11 Å². The van der Waals surface area contributed by atoms with Crippen molar-refractivity contribution in [3.8, 4) is 0 Å². The number of methoxy groups -OCH3 is 1. The highest BCUT2D eigenvalue weighted by Crippen LogP contribution is 2.43. The Balaban J connectivity index is 2.24. The molecule has 102 valence electrons. The SMILES string of the molecule is COC1(c2noc(C(C(C)C)C(C)O)n2)CCC1. The van der Waals surface area contributed by atoms with Gasteiger partial charge in [-0.2, -0.15) is 4.98 Å². The number of hydrogen-bond acceptors (Lipinski definition) is 5. The highest BCUT2D eigenvalue weighted by Gasteiger charge is 2.44. The minimum atomic E-state index is -0.502. The van der Waals surface area contributed by atoms with Crippen molar-refractivity contribution in [3.63, 3.8) is 0 Å². The quantitative estimate of drug-likeness (QED) is 0.872. The molecular formula is C13H22N2O3. The van der Waals surface area contributed by atoms with Crippen molar-refractivity contribution in [2.24, 2.45) is 5.92 Å². The zero-order valence-electron chi connectivity index (χ0n) is 11.5. The van der Waals surface area contributed by atoms with Crippen LogP contribution in [-0.4, -0.2) is 28.5 Å². The number of nitrogens with zero attached hydrogens (tertiary/aromatic N) is 2. The zero-order chi connectivity index (χ0) is 13.3. The van der Waals surface area contributed by atoms with E-state index in [1.54, 1.807) is 14.0 Å². The minimum Gasteiger partial charge on any atom is -0.393 e. The summed E-state index contributed by atoms with van der Waals surface area (Å²) >= 11 is 0. The van der Waals surface area contributed by atoms with Gasteiger partial charge in [0.25, 0.3) is 0 Å². The maximum atomic E-state index is 9.82. The molecule has 2 rings (SSSR count). The van der Waals surface area contributed by atoms with Gasteiger partial charge in [-0.25, -0.2) is 0 Å². The van der Waals surface area contributed by atoms with E-state index in [-0.39, 0.29) is 17.4 Å². The summed E-state index contributed by atoms with van der Waals surface area (Å²) in [6.45, 7) is 5.83. The zero-order valence-corrected chi connectivity index (χ0v) is 11.5. The molecule has 0 radical (unpaired) electrons. The third-order valence-corrected chi connectivity index (χ3v) is 3.92. The van der Waals surface area contributed by atoms with Crippen LogP contribution in [0, 0.1) is 5.92 Å². The Bertz CT molecular complexity index is 383. The van der Waals surface area contributed by atoms with Gasteiger partial charge in [-0.1, -0.05) is 19.0 Å². The van der Waals surface area contributed by atoms with Crippen LogP contribution < -0.4 is 0 Å². The van der Waals surface area contributed by atoms with Gasteiger partial charge in [0.15, 0.2) is 0 Å². The summed E-state index contributed by atoms with van der Waals surface area (Å²) in [5, 5.41) is 13.9. The second-order valence-electron chi connectivity index (χ2n) is 5.52. The molecule has 0 aliphatic heterocycles. The van der Waals surface area contributed by atoms with E-state index < -0.39 is 6.10 Å². The fourth-order valence-electron chi connectivity index (χ4n) is 2.62. The van der Waals surface area contributed by atoms with Crippen LogP contribution in [-0.2, 0) is 10.3 Å². The normalized spacial score (nSPS) is 21.7. The summed E-state index contributed by atoms with van der Waals surface area (Å²) in [6.07, 6.45) is 2.49. The molecule has 0 amide bonds. The summed E-state index contributed by atoms with van der Waals surface area (Å²) in [4.78, 5) is 4.46. The van der Waals surface area contributed by atoms with Crippen LogP contribution >= 0.6 is 0 Å². The van der Waals surface area contributed by atoms with Gasteiger partial charge in [0.2, 0.25) is 11.7 Å². The van der Waals surface area contributed by atoms with Crippen molar-refractivity contribution in [2.75, 3.05) is 7.11 Å². The van der Waals surface area contributed by atoms with E-state index in [0.717, 1.165) is 19.3 Å². The number of ether oxygens (including phenoxy) is 1. The Labute approximate surface area is 108 Å². The average molecular weight is 254 g/mol. The predicted octanol–water partition coefficient (Wildman–Crippen LogP) is 2.22. The molecule has 0 spiro atoms. The molecule has 18 heavy (non-hydrogen) atoms. The van der Waals surface area contributed by atoms with Crippen molar-refractivity contribution in [3.05, 3.63) is 11.7 Å². The Kier molecular flexibility index (Phi) is 3.73. The maximum absolute atomic E-state index is 9.82. The Morgan fingerprint density at radius 2 is 2.00 bits per heavy atom. The standard InChI is InChI=1S/C13H22N2O3/c1-8(2)10(9(3)16)11-14-12(15-18-11)13(17-4)6-5-7-13/h8-10,16H,5-7H2,1-4H3. The predicted molar refractivity (Wildman–Crippen MR) is 66.1 cm³/mol. The Hall–Kier alpha value is -0.940. The van der Waals surface area contributed by atoms with Gasteiger partial charge >= 0.3 is 0 Å². The highest BCUT2D eigenvalue weighted by molar-refractivity contribution is 5.08. The van der Waals surface area contributed by atoms with Gasteiger partial charge in [-0.05, 0) is 32.1 Å². The monoisotopic (exact) mass is 254 g/mol. The van der Waals surface area contributed by atoms with Gasteiger partial charge in [0.1, 0.15) is 5.60 Å². The van der Waals surface area contributed by atoms with Crippen molar-refractivity contribution in [1.82, 2.24) is 10.1 Å². The summed E-state index contributed by atoms with van der Waals surface area (Å²) in [5.74, 6) is 1.26. The average Bonchev–Trinajstić information content (AvgIpc) is 2.65. The van der Waals surface area contributed by atoms with E-state index in [2.05, 4.69) is 10.1 Å². The van der Waals surface area contributed by atoms with Crippen LogP contribution in [0.15, 0.2) is 4.52 Å². The number of hydrogen-bond donors (Lipinski definition) is 1. The van der Waals surface area contributed by atoms with Crippen LogP contribution in [0.25, 0.3) is 0 Å². The molecule has 0 bridgehead atoms. The molecule has 1 N–H and O–H groups in total. The lowest BCUT2D eigenvalue weighted by Crippen LogP contribution is -2.37. The van der Waals surface area contributed by atoms with E-state index >= 15 is 0 Å². The first-order chi connectivity index (χ1) is 8.50. The Morgan fingerprint density at radius 1 is 1.33 bits per heavy atom. The smallest absolute Gasteiger partial charge is 0.232 e. The van der Waals surface area contributed by atoms with Crippen LogP contribution in [0.3, 0.4) is 0 Å².